The molecule has 0 aromatic heterocycles. The van der Waals surface area contributed by atoms with Crippen LogP contribution in [-0.2, 0) is 26.2 Å². The van der Waals surface area contributed by atoms with E-state index in [9.17, 15) is 18.0 Å². The molecule has 0 aliphatic carbocycles. The second kappa shape index (κ2) is 9.00. The Labute approximate surface area is 153 Å². The average molecular weight is 383 g/mol. The van der Waals surface area contributed by atoms with E-state index in [1.54, 1.807) is 19.2 Å². The first-order valence-corrected chi connectivity index (χ1v) is 10.3. The monoisotopic (exact) mass is 383 g/mol. The Morgan fingerprint density at radius 3 is 2.23 bits per heavy atom. The number of hydrogen-bond donors (Lipinski definition) is 2. The van der Waals surface area contributed by atoms with Crippen LogP contribution in [0.1, 0.15) is 18.4 Å². The third-order valence-electron chi connectivity index (χ3n) is 4.41. The van der Waals surface area contributed by atoms with Gasteiger partial charge in [-0.05, 0) is 36.5 Å². The predicted octanol–water partition coefficient (Wildman–Crippen LogP) is 0.0992. The number of benzene rings is 1. The zero-order valence-electron chi connectivity index (χ0n) is 15.0. The third-order valence-corrected chi connectivity index (χ3v) is 5.72. The van der Waals surface area contributed by atoms with E-state index in [2.05, 4.69) is 10.6 Å². The van der Waals surface area contributed by atoms with Crippen molar-refractivity contribution in [2.45, 2.75) is 19.4 Å². The molecule has 0 saturated carbocycles. The summed E-state index contributed by atoms with van der Waals surface area (Å²) in [5.74, 6) is -0.468. The minimum Gasteiger partial charge on any atom is -0.497 e. The topological polar surface area (TPSA) is 105 Å². The second-order valence-corrected chi connectivity index (χ2v) is 8.33. The summed E-state index contributed by atoms with van der Waals surface area (Å²) in [6, 6.07) is 7.19. The molecule has 1 saturated heterocycles. The summed E-state index contributed by atoms with van der Waals surface area (Å²) in [5, 5.41) is 5.19. The number of nitrogens with zero attached hydrogens (tertiary/aromatic N) is 1. The van der Waals surface area contributed by atoms with Gasteiger partial charge in [0.15, 0.2) is 0 Å². The first-order chi connectivity index (χ1) is 12.3. The Bertz CT molecular complexity index is 725. The van der Waals surface area contributed by atoms with Crippen molar-refractivity contribution >= 4 is 21.8 Å². The molecule has 26 heavy (non-hydrogen) atoms. The lowest BCUT2D eigenvalue weighted by Crippen LogP contribution is -2.44. The van der Waals surface area contributed by atoms with Crippen LogP contribution < -0.4 is 15.4 Å². The number of amides is 2. The molecule has 1 aromatic carbocycles. The van der Waals surface area contributed by atoms with Crippen molar-refractivity contribution in [2.75, 3.05) is 33.0 Å². The van der Waals surface area contributed by atoms with E-state index in [0.717, 1.165) is 11.3 Å². The van der Waals surface area contributed by atoms with Gasteiger partial charge in [0.25, 0.3) is 0 Å². The number of nitrogens with one attached hydrogen (secondary N) is 2. The van der Waals surface area contributed by atoms with E-state index >= 15 is 0 Å². The van der Waals surface area contributed by atoms with E-state index < -0.39 is 21.8 Å². The first-order valence-electron chi connectivity index (χ1n) is 8.43. The summed E-state index contributed by atoms with van der Waals surface area (Å²) < 4.78 is 29.4. The highest BCUT2D eigenvalue weighted by Gasteiger charge is 2.25. The summed E-state index contributed by atoms with van der Waals surface area (Å²) in [6.45, 7) is 1.52. The molecule has 2 amide bonds. The van der Waals surface area contributed by atoms with Crippen LogP contribution in [0.25, 0.3) is 0 Å². The van der Waals surface area contributed by atoms with Gasteiger partial charge in [0, 0.05) is 26.2 Å². The van der Waals surface area contributed by atoms with Gasteiger partial charge in [-0.3, -0.25) is 9.59 Å². The van der Waals surface area contributed by atoms with Gasteiger partial charge >= 0.3 is 11.8 Å². The first kappa shape index (κ1) is 20.2. The highest BCUT2D eigenvalue weighted by molar-refractivity contribution is 7.88. The smallest absolute Gasteiger partial charge is 0.309 e. The Kier molecular flexibility index (Phi) is 6.98. The van der Waals surface area contributed by atoms with Crippen LogP contribution in [-0.4, -0.2) is 57.5 Å². The Hall–Kier alpha value is -2.13. The number of methoxy groups -OCH3 is 1. The van der Waals surface area contributed by atoms with Gasteiger partial charge in [0.05, 0.1) is 13.4 Å². The largest absolute Gasteiger partial charge is 0.497 e. The second-order valence-electron chi connectivity index (χ2n) is 6.35. The molecule has 1 heterocycles. The quantitative estimate of drug-likeness (QED) is 0.678. The fraction of sp³-hybridized carbons (Fsp3) is 0.529. The zero-order valence-corrected chi connectivity index (χ0v) is 15.8. The Balaban J connectivity index is 1.69. The molecule has 9 heteroatoms. The molecule has 1 aliphatic heterocycles. The molecule has 0 spiro atoms. The molecule has 2 N–H and O–H groups in total. The van der Waals surface area contributed by atoms with E-state index in [-0.39, 0.29) is 12.5 Å². The van der Waals surface area contributed by atoms with Crippen molar-refractivity contribution in [2.24, 2.45) is 5.92 Å². The minimum atomic E-state index is -3.16. The molecular formula is C17H25N3O5S. The van der Waals surface area contributed by atoms with Crippen LogP contribution in [0.3, 0.4) is 0 Å². The van der Waals surface area contributed by atoms with E-state index in [0.29, 0.717) is 32.5 Å². The molecule has 1 aliphatic rings. The molecular weight excluding hydrogens is 358 g/mol. The number of sulfonamides is 1. The number of ether oxygens (including phenoxy) is 1. The summed E-state index contributed by atoms with van der Waals surface area (Å²) in [4.78, 5) is 23.7. The van der Waals surface area contributed by atoms with Crippen molar-refractivity contribution in [3.63, 3.8) is 0 Å². The maximum Gasteiger partial charge on any atom is 0.309 e. The fourth-order valence-corrected chi connectivity index (χ4v) is 3.64. The Morgan fingerprint density at radius 1 is 1.12 bits per heavy atom. The van der Waals surface area contributed by atoms with Crippen LogP contribution in [0.5, 0.6) is 5.75 Å². The predicted molar refractivity (Wildman–Crippen MR) is 97.0 cm³/mol. The van der Waals surface area contributed by atoms with Crippen LogP contribution in [0, 0.1) is 5.92 Å². The van der Waals surface area contributed by atoms with E-state index in [1.807, 2.05) is 12.1 Å². The van der Waals surface area contributed by atoms with Gasteiger partial charge in [-0.25, -0.2) is 12.7 Å². The van der Waals surface area contributed by atoms with E-state index in [4.69, 9.17) is 4.74 Å². The van der Waals surface area contributed by atoms with Gasteiger partial charge < -0.3 is 15.4 Å². The number of carbonyl (C=O) groups is 2. The molecule has 0 bridgehead atoms. The molecule has 1 aromatic rings. The van der Waals surface area contributed by atoms with Gasteiger partial charge in [0.2, 0.25) is 10.0 Å². The summed E-state index contributed by atoms with van der Waals surface area (Å²) >= 11 is 0. The molecule has 0 radical (unpaired) electrons. The van der Waals surface area contributed by atoms with Crippen molar-refractivity contribution in [3.8, 4) is 5.75 Å². The lowest BCUT2D eigenvalue weighted by molar-refractivity contribution is -0.139. The maximum atomic E-state index is 11.9. The molecule has 1 fully saturated rings. The SMILES string of the molecule is COc1ccc(CNC(=O)C(=O)NCC2CCN(S(C)(=O)=O)CC2)cc1. The number of piperidine rings is 1. The highest BCUT2D eigenvalue weighted by Crippen LogP contribution is 2.18. The van der Waals surface area contributed by atoms with Gasteiger partial charge in [-0.2, -0.15) is 0 Å². The van der Waals surface area contributed by atoms with Crippen molar-refractivity contribution in [1.29, 1.82) is 0 Å². The summed E-state index contributed by atoms with van der Waals surface area (Å²) in [5.41, 5.74) is 0.861. The van der Waals surface area contributed by atoms with Crippen LogP contribution in [0.15, 0.2) is 24.3 Å². The fourth-order valence-electron chi connectivity index (χ4n) is 2.77. The summed E-state index contributed by atoms with van der Waals surface area (Å²) in [7, 11) is -1.58. The molecule has 2 rings (SSSR count). The van der Waals surface area contributed by atoms with Crippen LogP contribution in [0.4, 0.5) is 0 Å². The van der Waals surface area contributed by atoms with Crippen LogP contribution >= 0.6 is 0 Å². The van der Waals surface area contributed by atoms with Crippen LogP contribution in [0.2, 0.25) is 0 Å². The van der Waals surface area contributed by atoms with Gasteiger partial charge in [-0.15, -0.1) is 0 Å². The third kappa shape index (κ3) is 5.99. The summed E-state index contributed by atoms with van der Waals surface area (Å²) in [6.07, 6.45) is 2.53. The van der Waals surface area contributed by atoms with Gasteiger partial charge in [0.1, 0.15) is 5.75 Å². The molecule has 0 atom stereocenters. The number of rotatable bonds is 6. The average Bonchev–Trinajstić information content (AvgIpc) is 2.64. The van der Waals surface area contributed by atoms with Gasteiger partial charge in [-0.1, -0.05) is 12.1 Å². The van der Waals surface area contributed by atoms with E-state index in [1.165, 1.54) is 10.6 Å². The lowest BCUT2D eigenvalue weighted by Gasteiger charge is -2.30. The standard InChI is InChI=1S/C17H25N3O5S/c1-25-15-5-3-13(4-6-15)11-18-16(21)17(22)19-12-14-7-9-20(10-8-14)26(2,23)24/h3-6,14H,7-12H2,1-2H3,(H,18,21)(H,19,22). The molecule has 8 nitrogen and oxygen atoms in total. The minimum absolute atomic E-state index is 0.173. The van der Waals surface area contributed by atoms with Crippen molar-refractivity contribution < 1.29 is 22.7 Å². The molecule has 0 unspecified atom stereocenters. The number of hydrogen-bond acceptors (Lipinski definition) is 5. The lowest BCUT2D eigenvalue weighted by atomic mass is 9.98. The highest BCUT2D eigenvalue weighted by atomic mass is 32.2. The maximum absolute atomic E-state index is 11.9. The Morgan fingerprint density at radius 2 is 1.69 bits per heavy atom. The van der Waals surface area contributed by atoms with Crippen molar-refractivity contribution in [1.82, 2.24) is 14.9 Å². The molecule has 144 valence electrons. The normalized spacial score (nSPS) is 16.1. The van der Waals surface area contributed by atoms with Crippen molar-refractivity contribution in [3.05, 3.63) is 29.8 Å². The zero-order chi connectivity index (χ0) is 19.2. The number of carbonyl (C=O) groups excluding carboxylic acids is 2.